The van der Waals surface area contributed by atoms with Gasteiger partial charge in [0.25, 0.3) is 0 Å². The van der Waals surface area contributed by atoms with E-state index in [4.69, 9.17) is 9.47 Å². The van der Waals surface area contributed by atoms with Crippen molar-refractivity contribution in [2.24, 2.45) is 0 Å². The maximum absolute atomic E-state index is 5.85. The third kappa shape index (κ3) is 4.36. The van der Waals surface area contributed by atoms with Gasteiger partial charge in [-0.2, -0.15) is 0 Å². The minimum atomic E-state index is 0.543. The van der Waals surface area contributed by atoms with Gasteiger partial charge < -0.3 is 9.47 Å². The fraction of sp³-hybridized carbons (Fsp3) is 0.143. The average molecular weight is 303 g/mol. The maximum atomic E-state index is 5.85. The highest BCUT2D eigenvalue weighted by atomic mass is 16.5. The van der Waals surface area contributed by atoms with Crippen LogP contribution in [-0.2, 0) is 13.2 Å². The second-order valence-corrected chi connectivity index (χ2v) is 5.39. The first-order valence-corrected chi connectivity index (χ1v) is 7.67. The summed E-state index contributed by atoms with van der Waals surface area (Å²) in [7, 11) is 0. The molecule has 0 heterocycles. The molecule has 0 bridgehead atoms. The summed E-state index contributed by atoms with van der Waals surface area (Å²) in [6.07, 6.45) is 0. The predicted octanol–water partition coefficient (Wildman–Crippen LogP) is 4.95. The zero-order chi connectivity index (χ0) is 15.9. The summed E-state index contributed by atoms with van der Waals surface area (Å²) in [6.45, 7) is 3.12. The van der Waals surface area contributed by atoms with Crippen LogP contribution in [0.15, 0.2) is 72.8 Å². The molecule has 0 aromatic heterocycles. The van der Waals surface area contributed by atoms with Crippen molar-refractivity contribution >= 4 is 0 Å². The molecule has 0 aliphatic rings. The summed E-state index contributed by atoms with van der Waals surface area (Å²) >= 11 is 0. The zero-order valence-electron chi connectivity index (χ0n) is 13.2. The number of rotatable bonds is 6. The normalized spacial score (nSPS) is 10.3. The summed E-state index contributed by atoms with van der Waals surface area (Å²) in [5.41, 5.74) is 3.34. The van der Waals surface area contributed by atoms with Crippen LogP contribution >= 0.6 is 0 Å². The van der Waals surface area contributed by atoms with Crippen molar-refractivity contribution in [3.8, 4) is 11.5 Å². The fourth-order valence-corrected chi connectivity index (χ4v) is 2.27. The first-order valence-electron chi connectivity index (χ1n) is 7.67. The average Bonchev–Trinajstić information content (AvgIpc) is 2.61. The smallest absolute Gasteiger partial charge is 0.128 e. The van der Waals surface area contributed by atoms with Gasteiger partial charge in [0.2, 0.25) is 0 Å². The Kier molecular flexibility index (Phi) is 4.95. The highest BCUT2D eigenvalue weighted by Gasteiger charge is 2.04. The van der Waals surface area contributed by atoms with Crippen LogP contribution in [0.5, 0.6) is 11.5 Å². The van der Waals surface area contributed by atoms with Gasteiger partial charge >= 0.3 is 0 Å². The fourth-order valence-electron chi connectivity index (χ4n) is 2.27. The van der Waals surface area contributed by atoms with Crippen molar-refractivity contribution in [3.63, 3.8) is 0 Å². The maximum Gasteiger partial charge on any atom is 0.128 e. The van der Waals surface area contributed by atoms with Gasteiger partial charge in [-0.1, -0.05) is 60.7 Å². The third-order valence-corrected chi connectivity index (χ3v) is 3.56. The van der Waals surface area contributed by atoms with Crippen molar-refractivity contribution in [2.45, 2.75) is 20.1 Å². The van der Waals surface area contributed by atoms with Gasteiger partial charge in [-0.3, -0.25) is 0 Å². The number of aryl methyl sites for hydroxylation is 1. The SMILES string of the molecule is Cc1cc(OCc2ccccc2)[c]cc1OCc1ccccc1. The lowest BCUT2D eigenvalue weighted by Gasteiger charge is -2.11. The molecule has 23 heavy (non-hydrogen) atoms. The lowest BCUT2D eigenvalue weighted by Crippen LogP contribution is -1.99. The van der Waals surface area contributed by atoms with Gasteiger partial charge in [-0.25, -0.2) is 0 Å². The largest absolute Gasteiger partial charge is 0.489 e. The first kappa shape index (κ1) is 15.2. The molecule has 0 fully saturated rings. The molecule has 0 N–H and O–H groups in total. The van der Waals surface area contributed by atoms with E-state index in [0.717, 1.165) is 28.2 Å². The van der Waals surface area contributed by atoms with Crippen molar-refractivity contribution in [2.75, 3.05) is 0 Å². The van der Waals surface area contributed by atoms with Crippen molar-refractivity contribution in [1.82, 2.24) is 0 Å². The molecule has 0 aliphatic heterocycles. The van der Waals surface area contributed by atoms with E-state index >= 15 is 0 Å². The van der Waals surface area contributed by atoms with E-state index < -0.39 is 0 Å². The van der Waals surface area contributed by atoms with E-state index in [9.17, 15) is 0 Å². The number of hydrogen-bond acceptors (Lipinski definition) is 2. The van der Waals surface area contributed by atoms with Crippen molar-refractivity contribution in [1.29, 1.82) is 0 Å². The zero-order valence-corrected chi connectivity index (χ0v) is 13.2. The quantitative estimate of drug-likeness (QED) is 0.641. The third-order valence-electron chi connectivity index (χ3n) is 3.56. The summed E-state index contributed by atoms with van der Waals surface area (Å²) in [6, 6.07) is 27.2. The number of ether oxygens (including phenoxy) is 2. The predicted molar refractivity (Wildman–Crippen MR) is 91.6 cm³/mol. The second-order valence-electron chi connectivity index (χ2n) is 5.39. The molecule has 0 spiro atoms. The molecule has 3 rings (SSSR count). The van der Waals surface area contributed by atoms with Crippen LogP contribution in [0, 0.1) is 13.0 Å². The van der Waals surface area contributed by atoms with E-state index in [2.05, 4.69) is 18.2 Å². The van der Waals surface area contributed by atoms with E-state index in [-0.39, 0.29) is 0 Å². The summed E-state index contributed by atoms with van der Waals surface area (Å²) in [5.74, 6) is 1.57. The van der Waals surface area contributed by atoms with E-state index in [1.807, 2.05) is 67.6 Å². The van der Waals surface area contributed by atoms with E-state index in [0.29, 0.717) is 13.2 Å². The topological polar surface area (TPSA) is 18.5 Å². The van der Waals surface area contributed by atoms with Crippen LogP contribution in [-0.4, -0.2) is 0 Å². The van der Waals surface area contributed by atoms with Gasteiger partial charge in [-0.15, -0.1) is 0 Å². The molecule has 115 valence electrons. The Morgan fingerprint density at radius 1 is 0.783 bits per heavy atom. The minimum absolute atomic E-state index is 0.543. The molecular formula is C21H19O2. The van der Waals surface area contributed by atoms with E-state index in [1.165, 1.54) is 0 Å². The van der Waals surface area contributed by atoms with Gasteiger partial charge in [0.1, 0.15) is 24.7 Å². The molecule has 2 nitrogen and oxygen atoms in total. The summed E-state index contributed by atoms with van der Waals surface area (Å²) < 4.78 is 11.6. The molecule has 0 unspecified atom stereocenters. The molecule has 0 amide bonds. The Hall–Kier alpha value is -2.74. The highest BCUT2D eigenvalue weighted by Crippen LogP contribution is 2.24. The van der Waals surface area contributed by atoms with Crippen LogP contribution < -0.4 is 9.47 Å². The van der Waals surface area contributed by atoms with Crippen LogP contribution in [0.2, 0.25) is 0 Å². The molecule has 3 aromatic carbocycles. The monoisotopic (exact) mass is 303 g/mol. The van der Waals surface area contributed by atoms with Crippen LogP contribution in [0.25, 0.3) is 0 Å². The molecule has 0 atom stereocenters. The van der Waals surface area contributed by atoms with Crippen LogP contribution in [0.1, 0.15) is 16.7 Å². The molecule has 0 saturated heterocycles. The van der Waals surface area contributed by atoms with Crippen molar-refractivity contribution in [3.05, 3.63) is 95.6 Å². The molecule has 3 aromatic rings. The Morgan fingerprint density at radius 3 is 1.91 bits per heavy atom. The molecule has 2 heteroatoms. The summed E-state index contributed by atoms with van der Waals surface area (Å²) in [4.78, 5) is 0. The van der Waals surface area contributed by atoms with Gasteiger partial charge in [0.05, 0.1) is 0 Å². The lowest BCUT2D eigenvalue weighted by molar-refractivity contribution is 0.295. The number of hydrogen-bond donors (Lipinski definition) is 0. The molecule has 0 saturated carbocycles. The standard InChI is InChI=1S/C21H19O2/c1-17-14-20(22-15-18-8-4-2-5-9-18)12-13-21(17)23-16-19-10-6-3-7-11-19/h2-11,13-14H,15-16H2,1H3. The van der Waals surface area contributed by atoms with Gasteiger partial charge in [0, 0.05) is 6.07 Å². The van der Waals surface area contributed by atoms with Gasteiger partial charge in [-0.05, 0) is 35.7 Å². The van der Waals surface area contributed by atoms with E-state index in [1.54, 1.807) is 0 Å². The Balaban J connectivity index is 1.59. The second kappa shape index (κ2) is 7.50. The van der Waals surface area contributed by atoms with Crippen molar-refractivity contribution < 1.29 is 9.47 Å². The molecular weight excluding hydrogens is 284 g/mol. The Labute approximate surface area is 137 Å². The lowest BCUT2D eigenvalue weighted by atomic mass is 10.2. The van der Waals surface area contributed by atoms with Crippen LogP contribution in [0.3, 0.4) is 0 Å². The Bertz CT molecular complexity index is 736. The first-order chi connectivity index (χ1) is 11.3. The number of benzene rings is 3. The van der Waals surface area contributed by atoms with Crippen LogP contribution in [0.4, 0.5) is 0 Å². The highest BCUT2D eigenvalue weighted by molar-refractivity contribution is 5.38. The molecule has 1 radical (unpaired) electrons. The molecule has 0 aliphatic carbocycles. The Morgan fingerprint density at radius 2 is 1.35 bits per heavy atom. The summed E-state index contributed by atoms with van der Waals surface area (Å²) in [5, 5.41) is 0. The van der Waals surface area contributed by atoms with Gasteiger partial charge in [0.15, 0.2) is 0 Å². The minimum Gasteiger partial charge on any atom is -0.489 e.